The summed E-state index contributed by atoms with van der Waals surface area (Å²) in [6.07, 6.45) is 0. The number of aromatic nitrogens is 1. The first kappa shape index (κ1) is 9.35. The molecule has 3 nitrogen and oxygen atoms in total. The molecular weight excluding hydrogens is 227 g/mol. The maximum absolute atomic E-state index is 13.0. The molecule has 0 atom stereocenters. The maximum Gasteiger partial charge on any atom is 0.179 e. The fourth-order valence-corrected chi connectivity index (χ4v) is 2.53. The molecule has 0 radical (unpaired) electrons. The van der Waals surface area contributed by atoms with Crippen LogP contribution in [0.2, 0.25) is 0 Å². The van der Waals surface area contributed by atoms with Crippen molar-refractivity contribution in [3.05, 3.63) is 36.1 Å². The molecule has 0 aliphatic rings. The van der Waals surface area contributed by atoms with Crippen LogP contribution in [0.15, 0.2) is 34.9 Å². The molecule has 16 heavy (non-hydrogen) atoms. The highest BCUT2D eigenvalue weighted by atomic mass is 32.1. The predicted molar refractivity (Wildman–Crippen MR) is 61.7 cm³/mol. The van der Waals surface area contributed by atoms with Crippen LogP contribution >= 0.6 is 11.3 Å². The van der Waals surface area contributed by atoms with Crippen molar-refractivity contribution < 1.29 is 8.91 Å². The smallest absolute Gasteiger partial charge is 0.179 e. The standard InChI is InChI=1S/C11H7FN2OS/c12-7-1-2-9-6(3-7)4-10(16-9)8-5-11(13)14-15-8/h1-5H,(H2,13,14). The number of thiophene rings is 1. The first-order chi connectivity index (χ1) is 7.72. The van der Waals surface area contributed by atoms with E-state index in [2.05, 4.69) is 5.16 Å². The van der Waals surface area contributed by atoms with Crippen LogP contribution in [-0.4, -0.2) is 5.16 Å². The second kappa shape index (κ2) is 3.31. The number of hydrogen-bond acceptors (Lipinski definition) is 4. The zero-order valence-corrected chi connectivity index (χ0v) is 8.92. The fraction of sp³-hybridized carbons (Fsp3) is 0. The molecule has 2 N–H and O–H groups in total. The summed E-state index contributed by atoms with van der Waals surface area (Å²) in [6.45, 7) is 0. The van der Waals surface area contributed by atoms with E-state index < -0.39 is 0 Å². The maximum atomic E-state index is 13.0. The number of benzene rings is 1. The van der Waals surface area contributed by atoms with E-state index in [-0.39, 0.29) is 5.82 Å². The molecule has 0 spiro atoms. The van der Waals surface area contributed by atoms with Crippen molar-refractivity contribution in [3.8, 4) is 10.6 Å². The Bertz CT molecular complexity index is 659. The number of hydrogen-bond donors (Lipinski definition) is 1. The van der Waals surface area contributed by atoms with Crippen molar-refractivity contribution in [1.29, 1.82) is 0 Å². The largest absolute Gasteiger partial charge is 0.381 e. The topological polar surface area (TPSA) is 52.0 Å². The number of fused-ring (bicyclic) bond motifs is 1. The molecule has 3 aromatic rings. The quantitative estimate of drug-likeness (QED) is 0.703. The Morgan fingerprint density at radius 1 is 1.25 bits per heavy atom. The number of halogens is 1. The normalized spacial score (nSPS) is 11.1. The molecule has 1 aromatic carbocycles. The number of nitrogen functional groups attached to an aromatic ring is 1. The lowest BCUT2D eigenvalue weighted by Crippen LogP contribution is -1.79. The fourth-order valence-electron chi connectivity index (χ4n) is 1.54. The highest BCUT2D eigenvalue weighted by Gasteiger charge is 2.09. The second-order valence-corrected chi connectivity index (χ2v) is 4.49. The third-order valence-electron chi connectivity index (χ3n) is 2.25. The summed E-state index contributed by atoms with van der Waals surface area (Å²) < 4.78 is 19.1. The van der Waals surface area contributed by atoms with E-state index in [1.807, 2.05) is 6.07 Å². The van der Waals surface area contributed by atoms with E-state index in [1.54, 1.807) is 12.1 Å². The predicted octanol–water partition coefficient (Wildman–Crippen LogP) is 3.28. The van der Waals surface area contributed by atoms with Crippen LogP contribution in [-0.2, 0) is 0 Å². The van der Waals surface area contributed by atoms with Crippen LogP contribution in [0.5, 0.6) is 0 Å². The van der Waals surface area contributed by atoms with Crippen LogP contribution < -0.4 is 5.73 Å². The molecule has 0 aliphatic heterocycles. The summed E-state index contributed by atoms with van der Waals surface area (Å²) in [6, 6.07) is 8.20. The third-order valence-corrected chi connectivity index (χ3v) is 3.38. The van der Waals surface area contributed by atoms with Crippen LogP contribution in [0.4, 0.5) is 10.2 Å². The highest BCUT2D eigenvalue weighted by Crippen LogP contribution is 2.34. The number of nitrogens with two attached hydrogens (primary N) is 1. The zero-order chi connectivity index (χ0) is 11.1. The second-order valence-electron chi connectivity index (χ2n) is 3.41. The molecule has 0 saturated carbocycles. The van der Waals surface area contributed by atoms with Gasteiger partial charge in [0.05, 0.1) is 4.88 Å². The molecule has 5 heteroatoms. The SMILES string of the molecule is Nc1cc(-c2cc3cc(F)ccc3s2)on1. The van der Waals surface area contributed by atoms with Gasteiger partial charge in [-0.15, -0.1) is 11.3 Å². The van der Waals surface area contributed by atoms with Crippen molar-refractivity contribution >= 4 is 27.2 Å². The first-order valence-electron chi connectivity index (χ1n) is 4.64. The monoisotopic (exact) mass is 234 g/mol. The first-order valence-corrected chi connectivity index (χ1v) is 5.46. The van der Waals surface area contributed by atoms with Crippen molar-refractivity contribution in [2.75, 3.05) is 5.73 Å². The summed E-state index contributed by atoms with van der Waals surface area (Å²) in [4.78, 5) is 0.893. The minimum atomic E-state index is -0.242. The molecule has 0 bridgehead atoms. The lowest BCUT2D eigenvalue weighted by atomic mass is 10.2. The third kappa shape index (κ3) is 1.45. The average molecular weight is 234 g/mol. The van der Waals surface area contributed by atoms with Gasteiger partial charge in [-0.05, 0) is 29.7 Å². The molecule has 0 amide bonds. The zero-order valence-electron chi connectivity index (χ0n) is 8.11. The summed E-state index contributed by atoms with van der Waals surface area (Å²) >= 11 is 1.52. The Hall–Kier alpha value is -1.88. The van der Waals surface area contributed by atoms with Gasteiger partial charge in [-0.2, -0.15) is 0 Å². The molecule has 80 valence electrons. The summed E-state index contributed by atoms with van der Waals surface area (Å²) in [5.74, 6) is 0.715. The number of rotatable bonds is 1. The van der Waals surface area contributed by atoms with Gasteiger partial charge in [0.1, 0.15) is 5.82 Å². The van der Waals surface area contributed by atoms with Gasteiger partial charge >= 0.3 is 0 Å². The van der Waals surface area contributed by atoms with Crippen LogP contribution in [0.25, 0.3) is 20.7 Å². The van der Waals surface area contributed by atoms with Gasteiger partial charge in [0, 0.05) is 10.8 Å². The molecule has 0 aliphatic carbocycles. The Balaban J connectivity index is 2.18. The molecule has 0 saturated heterocycles. The number of anilines is 1. The van der Waals surface area contributed by atoms with Gasteiger partial charge in [-0.3, -0.25) is 0 Å². The van der Waals surface area contributed by atoms with Gasteiger partial charge in [0.15, 0.2) is 11.6 Å². The van der Waals surface area contributed by atoms with Gasteiger partial charge in [0.2, 0.25) is 0 Å². The van der Waals surface area contributed by atoms with Crippen molar-refractivity contribution in [2.24, 2.45) is 0 Å². The van der Waals surface area contributed by atoms with E-state index in [0.29, 0.717) is 11.6 Å². The molecule has 2 aromatic heterocycles. The van der Waals surface area contributed by atoms with Crippen LogP contribution in [0, 0.1) is 5.82 Å². The average Bonchev–Trinajstić information content (AvgIpc) is 2.83. The van der Waals surface area contributed by atoms with Gasteiger partial charge in [-0.1, -0.05) is 5.16 Å². The van der Waals surface area contributed by atoms with E-state index in [4.69, 9.17) is 10.3 Å². The van der Waals surface area contributed by atoms with E-state index in [9.17, 15) is 4.39 Å². The van der Waals surface area contributed by atoms with Crippen LogP contribution in [0.1, 0.15) is 0 Å². The van der Waals surface area contributed by atoms with E-state index >= 15 is 0 Å². The summed E-state index contributed by atoms with van der Waals surface area (Å²) in [5, 5.41) is 4.47. The van der Waals surface area contributed by atoms with Crippen molar-refractivity contribution in [2.45, 2.75) is 0 Å². The Morgan fingerprint density at radius 2 is 2.12 bits per heavy atom. The summed E-state index contributed by atoms with van der Waals surface area (Å²) in [5.41, 5.74) is 5.47. The Kier molecular flexibility index (Phi) is 1.94. The van der Waals surface area contributed by atoms with E-state index in [1.165, 1.54) is 23.5 Å². The van der Waals surface area contributed by atoms with Crippen LogP contribution in [0.3, 0.4) is 0 Å². The molecular formula is C11H7FN2OS. The number of nitrogens with zero attached hydrogens (tertiary/aromatic N) is 1. The lowest BCUT2D eigenvalue weighted by molar-refractivity contribution is 0.436. The Morgan fingerprint density at radius 3 is 2.88 bits per heavy atom. The molecule has 3 rings (SSSR count). The van der Waals surface area contributed by atoms with Gasteiger partial charge in [-0.25, -0.2) is 4.39 Å². The summed E-state index contributed by atoms with van der Waals surface area (Å²) in [7, 11) is 0. The minimum absolute atomic E-state index is 0.242. The molecule has 0 unspecified atom stereocenters. The Labute approximate surface area is 94.3 Å². The van der Waals surface area contributed by atoms with Crippen molar-refractivity contribution in [1.82, 2.24) is 5.16 Å². The highest BCUT2D eigenvalue weighted by molar-refractivity contribution is 7.22. The molecule has 2 heterocycles. The van der Waals surface area contributed by atoms with Gasteiger partial charge < -0.3 is 10.3 Å². The van der Waals surface area contributed by atoms with Gasteiger partial charge in [0.25, 0.3) is 0 Å². The minimum Gasteiger partial charge on any atom is -0.381 e. The van der Waals surface area contributed by atoms with Crippen molar-refractivity contribution in [3.63, 3.8) is 0 Å². The molecule has 0 fully saturated rings. The lowest BCUT2D eigenvalue weighted by Gasteiger charge is -1.86. The van der Waals surface area contributed by atoms with E-state index in [0.717, 1.165) is 15.0 Å².